The fourth-order valence-electron chi connectivity index (χ4n) is 5.15. The molecule has 192 valence electrons. The minimum Gasteiger partial charge on any atom is -0.191 e. The number of nitrogens with zero attached hydrogens (tertiary/aromatic N) is 1. The van der Waals surface area contributed by atoms with Gasteiger partial charge in [0.25, 0.3) is 0 Å². The minimum atomic E-state index is 1.04. The molecule has 4 rings (SSSR count). The molecule has 0 atom stereocenters. The van der Waals surface area contributed by atoms with Gasteiger partial charge in [-0.25, -0.2) is 0 Å². The molecule has 2 heteroatoms. The van der Waals surface area contributed by atoms with Gasteiger partial charge in [-0.3, -0.25) is 0 Å². The Balaban J connectivity index is 1.59. The van der Waals surface area contributed by atoms with Crippen LogP contribution in [-0.2, 0) is 6.54 Å². The van der Waals surface area contributed by atoms with Crippen LogP contribution in [0.4, 0.5) is 0 Å². The van der Waals surface area contributed by atoms with Crippen molar-refractivity contribution < 1.29 is 4.57 Å². The number of rotatable bonds is 14. The molecule has 1 heterocycles. The molecule has 0 bridgehead atoms. The van der Waals surface area contributed by atoms with Gasteiger partial charge in [-0.05, 0) is 70.5 Å². The van der Waals surface area contributed by atoms with Crippen molar-refractivity contribution in [3.05, 3.63) is 101 Å². The third-order valence-electron chi connectivity index (χ3n) is 7.20. The fraction of sp³-hybridized carbons (Fsp3) is 0.343. The zero-order chi connectivity index (χ0) is 25.7. The number of pyridine rings is 1. The average Bonchev–Trinajstić information content (AvgIpc) is 2.95. The molecule has 1 aromatic heterocycles. The van der Waals surface area contributed by atoms with Gasteiger partial charge in [0.1, 0.15) is 6.54 Å². The zero-order valence-electron chi connectivity index (χ0n) is 22.3. The number of unbranched alkanes of at least 4 members (excludes halogenated alkanes) is 9. The van der Waals surface area contributed by atoms with Gasteiger partial charge >= 0.3 is 0 Å². The largest absolute Gasteiger partial charge is 0.213 e. The predicted molar refractivity (Wildman–Crippen MR) is 168 cm³/mol. The van der Waals surface area contributed by atoms with Gasteiger partial charge in [0, 0.05) is 33.3 Å². The maximum atomic E-state index is 2.57. The molecule has 0 saturated carbocycles. The van der Waals surface area contributed by atoms with E-state index in [1.54, 1.807) is 0 Å². The van der Waals surface area contributed by atoms with Crippen molar-refractivity contribution in [2.45, 2.75) is 77.7 Å². The van der Waals surface area contributed by atoms with E-state index in [0.717, 1.165) is 6.54 Å². The van der Waals surface area contributed by atoms with E-state index in [0.29, 0.717) is 0 Å². The Kier molecular flexibility index (Phi) is 11.2. The number of hydrogen-bond donors (Lipinski definition) is 0. The van der Waals surface area contributed by atoms with Crippen LogP contribution in [0.15, 0.2) is 97.1 Å². The summed E-state index contributed by atoms with van der Waals surface area (Å²) < 4.78 is 3.84. The molecular formula is C35H41IN+. The molecule has 0 unspecified atom stereocenters. The molecule has 3 aromatic carbocycles. The first-order chi connectivity index (χ1) is 18.3. The molecule has 0 N–H and O–H groups in total. The quantitative estimate of drug-likeness (QED) is 0.0768. The van der Waals surface area contributed by atoms with Crippen LogP contribution >= 0.6 is 22.6 Å². The third kappa shape index (κ3) is 8.26. The molecule has 0 spiro atoms. The molecule has 37 heavy (non-hydrogen) atoms. The number of halogens is 1. The topological polar surface area (TPSA) is 3.88 Å². The van der Waals surface area contributed by atoms with Crippen molar-refractivity contribution in [2.24, 2.45) is 0 Å². The van der Waals surface area contributed by atoms with Crippen LogP contribution in [0.1, 0.15) is 71.1 Å². The summed E-state index contributed by atoms with van der Waals surface area (Å²) in [5.41, 5.74) is 7.69. The van der Waals surface area contributed by atoms with Gasteiger partial charge < -0.3 is 0 Å². The normalized spacial score (nSPS) is 11.1. The molecule has 0 fully saturated rings. The van der Waals surface area contributed by atoms with E-state index in [1.165, 1.54) is 101 Å². The van der Waals surface area contributed by atoms with Gasteiger partial charge in [0.05, 0.1) is 0 Å². The first-order valence-corrected chi connectivity index (χ1v) is 15.3. The lowest BCUT2D eigenvalue weighted by Gasteiger charge is -2.13. The van der Waals surface area contributed by atoms with Crippen molar-refractivity contribution in [1.82, 2.24) is 0 Å². The number of aromatic nitrogens is 1. The van der Waals surface area contributed by atoms with Gasteiger partial charge in [-0.1, -0.05) is 113 Å². The summed E-state index contributed by atoms with van der Waals surface area (Å²) in [4.78, 5) is 0. The predicted octanol–water partition coefficient (Wildman–Crippen LogP) is 10.5. The third-order valence-corrected chi connectivity index (χ3v) is 7.87. The van der Waals surface area contributed by atoms with Crippen molar-refractivity contribution in [3.63, 3.8) is 0 Å². The number of benzene rings is 3. The van der Waals surface area contributed by atoms with Crippen molar-refractivity contribution in [3.8, 4) is 33.6 Å². The maximum absolute atomic E-state index is 2.57. The highest BCUT2D eigenvalue weighted by atomic mass is 127. The Morgan fingerprint density at radius 1 is 0.486 bits per heavy atom. The Labute approximate surface area is 238 Å². The molecule has 0 amide bonds. The Hall–Kier alpha value is -2.46. The smallest absolute Gasteiger partial charge is 0.191 e. The van der Waals surface area contributed by atoms with Crippen LogP contribution in [0.25, 0.3) is 33.6 Å². The number of hydrogen-bond acceptors (Lipinski definition) is 0. The summed E-state index contributed by atoms with van der Waals surface area (Å²) in [5, 5.41) is 0. The van der Waals surface area contributed by atoms with Crippen molar-refractivity contribution in [1.29, 1.82) is 0 Å². The summed E-state index contributed by atoms with van der Waals surface area (Å²) >= 11 is 2.43. The summed E-state index contributed by atoms with van der Waals surface area (Å²) in [7, 11) is 0. The van der Waals surface area contributed by atoms with Crippen LogP contribution < -0.4 is 4.57 Å². The van der Waals surface area contributed by atoms with Crippen LogP contribution in [0.3, 0.4) is 0 Å². The summed E-state index contributed by atoms with van der Waals surface area (Å²) in [5.74, 6) is 0. The van der Waals surface area contributed by atoms with E-state index in [-0.39, 0.29) is 0 Å². The van der Waals surface area contributed by atoms with Crippen LogP contribution in [0.2, 0.25) is 0 Å². The lowest BCUT2D eigenvalue weighted by molar-refractivity contribution is -0.675. The summed E-state index contributed by atoms with van der Waals surface area (Å²) in [6, 6.07) is 35.4. The molecule has 0 aliphatic carbocycles. The summed E-state index contributed by atoms with van der Waals surface area (Å²) in [6.45, 7) is 3.33. The lowest BCUT2D eigenvalue weighted by Crippen LogP contribution is -2.39. The molecular weight excluding hydrogens is 561 g/mol. The monoisotopic (exact) mass is 602 g/mol. The van der Waals surface area contributed by atoms with Crippen molar-refractivity contribution >= 4 is 22.6 Å². The molecule has 4 aromatic rings. The highest BCUT2D eigenvalue weighted by molar-refractivity contribution is 14.1. The van der Waals surface area contributed by atoms with Crippen LogP contribution in [0, 0.1) is 3.57 Å². The van der Waals surface area contributed by atoms with Gasteiger partial charge in [0.2, 0.25) is 11.4 Å². The maximum Gasteiger partial charge on any atom is 0.213 e. The van der Waals surface area contributed by atoms with E-state index in [2.05, 4.69) is 131 Å². The Bertz CT molecular complexity index is 1220. The van der Waals surface area contributed by atoms with Gasteiger partial charge in [0.15, 0.2) is 0 Å². The van der Waals surface area contributed by atoms with Crippen LogP contribution in [-0.4, -0.2) is 0 Å². The van der Waals surface area contributed by atoms with Gasteiger partial charge in [-0.15, -0.1) is 0 Å². The van der Waals surface area contributed by atoms with Crippen LogP contribution in [0.5, 0.6) is 0 Å². The second-order valence-corrected chi connectivity index (χ2v) is 11.3. The second kappa shape index (κ2) is 15.1. The minimum absolute atomic E-state index is 1.04. The van der Waals surface area contributed by atoms with E-state index in [1.807, 2.05) is 0 Å². The molecule has 1 nitrogen and oxygen atoms in total. The average molecular weight is 603 g/mol. The van der Waals surface area contributed by atoms with E-state index >= 15 is 0 Å². The Morgan fingerprint density at radius 3 is 1.59 bits per heavy atom. The van der Waals surface area contributed by atoms with E-state index in [9.17, 15) is 0 Å². The molecule has 0 aliphatic heterocycles. The van der Waals surface area contributed by atoms with E-state index < -0.39 is 0 Å². The molecule has 0 radical (unpaired) electrons. The highest BCUT2D eigenvalue weighted by Crippen LogP contribution is 2.30. The second-order valence-electron chi connectivity index (χ2n) is 10.1. The van der Waals surface area contributed by atoms with Crippen molar-refractivity contribution in [2.75, 3.05) is 0 Å². The molecule has 0 saturated heterocycles. The SMILES string of the molecule is CCCCCCCCCCCC[n+]1c(-c2ccccc2)cc(-c2ccccc2)cc1-c1cccc(I)c1. The standard InChI is InChI=1S/C35H41IN/c1-2-3-4-5-6-7-8-9-10-17-25-37-34(30-21-15-12-16-22-30)27-32(29-19-13-11-14-20-29)28-35(37)31-23-18-24-33(36)26-31/h11-16,18-24,26-28H,2-10,17,25H2,1H3/q+1. The van der Waals surface area contributed by atoms with E-state index in [4.69, 9.17) is 0 Å². The summed E-state index contributed by atoms with van der Waals surface area (Å²) in [6.07, 6.45) is 13.6. The first kappa shape index (κ1) is 27.6. The molecule has 0 aliphatic rings. The Morgan fingerprint density at radius 2 is 1.00 bits per heavy atom. The zero-order valence-corrected chi connectivity index (χ0v) is 24.5. The lowest BCUT2D eigenvalue weighted by atomic mass is 9.98. The highest BCUT2D eigenvalue weighted by Gasteiger charge is 2.22. The van der Waals surface area contributed by atoms with Gasteiger partial charge in [-0.2, -0.15) is 4.57 Å². The fourth-order valence-corrected chi connectivity index (χ4v) is 5.70. The first-order valence-electron chi connectivity index (χ1n) is 14.2.